The smallest absolute Gasteiger partial charge is 0.350 e. The summed E-state index contributed by atoms with van der Waals surface area (Å²) in [5, 5.41) is 11.5. The van der Waals surface area contributed by atoms with Crippen molar-refractivity contribution in [1.29, 1.82) is 0 Å². The van der Waals surface area contributed by atoms with Crippen LogP contribution in [0, 0.1) is 20.8 Å². The van der Waals surface area contributed by atoms with Crippen molar-refractivity contribution in [2.75, 3.05) is 18.6 Å². The van der Waals surface area contributed by atoms with E-state index in [0.29, 0.717) is 22.6 Å². The minimum Gasteiger partial charge on any atom is -0.507 e. The van der Waals surface area contributed by atoms with Gasteiger partial charge < -0.3 is 14.6 Å². The Kier molecular flexibility index (Phi) is 6.94. The van der Waals surface area contributed by atoms with E-state index in [0.717, 1.165) is 22.5 Å². The summed E-state index contributed by atoms with van der Waals surface area (Å²) >= 11 is 0.976. The van der Waals surface area contributed by atoms with E-state index in [1.165, 1.54) is 4.90 Å². The number of ether oxygens (including phenoxy) is 2. The van der Waals surface area contributed by atoms with Crippen LogP contribution in [-0.2, 0) is 14.3 Å². The molecule has 1 N–H and O–H groups in total. The maximum absolute atomic E-state index is 13.3. The lowest BCUT2D eigenvalue weighted by molar-refractivity contribution is -0.132. The molecule has 8 nitrogen and oxygen atoms in total. The van der Waals surface area contributed by atoms with Gasteiger partial charge in [0.15, 0.2) is 5.13 Å². The Bertz CT molecular complexity index is 1390. The lowest BCUT2D eigenvalue weighted by Crippen LogP contribution is -2.29. The summed E-state index contributed by atoms with van der Waals surface area (Å²) < 4.78 is 10.4. The summed E-state index contributed by atoms with van der Waals surface area (Å²) in [6.45, 7) is 7.29. The number of amides is 1. The highest BCUT2D eigenvalue weighted by molar-refractivity contribution is 7.17. The van der Waals surface area contributed by atoms with Crippen molar-refractivity contribution >= 4 is 39.9 Å². The predicted molar refractivity (Wildman–Crippen MR) is 137 cm³/mol. The number of rotatable bonds is 6. The van der Waals surface area contributed by atoms with Crippen LogP contribution in [0.4, 0.5) is 5.13 Å². The van der Waals surface area contributed by atoms with Crippen LogP contribution < -0.4 is 9.64 Å². The van der Waals surface area contributed by atoms with Crippen molar-refractivity contribution in [3.63, 3.8) is 0 Å². The molecule has 1 aliphatic heterocycles. The molecule has 186 valence electrons. The van der Waals surface area contributed by atoms with Crippen LogP contribution in [0.1, 0.15) is 50.6 Å². The lowest BCUT2D eigenvalue weighted by Gasteiger charge is -2.23. The monoisotopic (exact) mass is 506 g/mol. The molecule has 0 aliphatic carbocycles. The number of hydrogen-bond acceptors (Lipinski definition) is 8. The molecule has 1 fully saturated rings. The number of esters is 1. The van der Waals surface area contributed by atoms with E-state index in [-0.39, 0.29) is 27.9 Å². The number of anilines is 1. The van der Waals surface area contributed by atoms with Gasteiger partial charge >= 0.3 is 11.9 Å². The number of aryl methyl sites for hydroxylation is 3. The van der Waals surface area contributed by atoms with Gasteiger partial charge in [-0.2, -0.15) is 0 Å². The Labute approximate surface area is 212 Å². The number of methoxy groups -OCH3 is 1. The first-order chi connectivity index (χ1) is 17.2. The number of aliphatic hydroxyl groups excluding tert-OH is 1. The molecule has 1 saturated heterocycles. The van der Waals surface area contributed by atoms with E-state index in [4.69, 9.17) is 9.47 Å². The number of carbonyl (C=O) groups is 3. The van der Waals surface area contributed by atoms with E-state index >= 15 is 0 Å². The van der Waals surface area contributed by atoms with E-state index in [9.17, 15) is 19.5 Å². The lowest BCUT2D eigenvalue weighted by atomic mass is 9.94. The first-order valence-corrected chi connectivity index (χ1v) is 12.2. The molecule has 1 aromatic heterocycles. The van der Waals surface area contributed by atoms with Crippen LogP contribution >= 0.6 is 11.3 Å². The Morgan fingerprint density at radius 3 is 2.42 bits per heavy atom. The molecule has 2 heterocycles. The number of ketones is 1. The van der Waals surface area contributed by atoms with E-state index in [2.05, 4.69) is 4.98 Å². The molecule has 2 aromatic carbocycles. The third kappa shape index (κ3) is 4.37. The van der Waals surface area contributed by atoms with Crippen molar-refractivity contribution in [3.05, 3.63) is 80.9 Å². The first kappa shape index (κ1) is 25.1. The SMILES string of the molecule is CCOC(=O)c1sc(N2C(=O)C(=O)/C(=C(/O)c3ccc(OC)c(C)c3)C2c2ccc(C)cc2)nc1C. The Hall–Kier alpha value is -3.98. The minimum atomic E-state index is -0.936. The average molecular weight is 507 g/mol. The zero-order valence-corrected chi connectivity index (χ0v) is 21.4. The van der Waals surface area contributed by atoms with Crippen molar-refractivity contribution < 1.29 is 29.0 Å². The van der Waals surface area contributed by atoms with Crippen molar-refractivity contribution in [3.8, 4) is 5.75 Å². The molecule has 0 saturated carbocycles. The number of aliphatic hydroxyl groups is 1. The number of aromatic nitrogens is 1. The second kappa shape index (κ2) is 9.94. The van der Waals surface area contributed by atoms with Crippen LogP contribution in [0.2, 0.25) is 0 Å². The van der Waals surface area contributed by atoms with Gasteiger partial charge in [0.2, 0.25) is 0 Å². The third-order valence-electron chi connectivity index (χ3n) is 5.96. The molecule has 36 heavy (non-hydrogen) atoms. The summed E-state index contributed by atoms with van der Waals surface area (Å²) in [7, 11) is 1.55. The van der Waals surface area contributed by atoms with Crippen LogP contribution in [0.25, 0.3) is 5.76 Å². The molecule has 9 heteroatoms. The molecular formula is C27H26N2O6S. The molecule has 0 bridgehead atoms. The van der Waals surface area contributed by atoms with Gasteiger partial charge in [-0.25, -0.2) is 9.78 Å². The van der Waals surface area contributed by atoms with Gasteiger partial charge in [0.25, 0.3) is 5.78 Å². The number of benzene rings is 2. The highest BCUT2D eigenvalue weighted by Crippen LogP contribution is 2.44. The maximum atomic E-state index is 13.3. The molecular weight excluding hydrogens is 480 g/mol. The number of Topliss-reactive ketones (excluding diaryl/α,β-unsaturated/α-hetero) is 1. The molecule has 1 aliphatic rings. The second-order valence-corrected chi connectivity index (χ2v) is 9.37. The third-order valence-corrected chi connectivity index (χ3v) is 7.09. The number of thiazole rings is 1. The fourth-order valence-electron chi connectivity index (χ4n) is 4.15. The Morgan fingerprint density at radius 2 is 1.81 bits per heavy atom. The molecule has 3 aromatic rings. The van der Waals surface area contributed by atoms with Gasteiger partial charge in [-0.3, -0.25) is 14.5 Å². The highest BCUT2D eigenvalue weighted by Gasteiger charge is 2.48. The van der Waals surface area contributed by atoms with E-state index in [1.54, 1.807) is 51.3 Å². The van der Waals surface area contributed by atoms with E-state index in [1.807, 2.05) is 26.0 Å². The van der Waals surface area contributed by atoms with Crippen LogP contribution in [0.5, 0.6) is 5.75 Å². The number of nitrogens with zero attached hydrogens (tertiary/aromatic N) is 2. The van der Waals surface area contributed by atoms with Crippen LogP contribution in [0.15, 0.2) is 48.0 Å². The number of carbonyl (C=O) groups excluding carboxylic acids is 3. The zero-order chi connectivity index (χ0) is 26.1. The molecule has 0 radical (unpaired) electrons. The fraction of sp³-hybridized carbons (Fsp3) is 0.259. The minimum absolute atomic E-state index is 0.0565. The molecule has 1 amide bonds. The molecule has 0 spiro atoms. The van der Waals surface area contributed by atoms with E-state index < -0.39 is 23.7 Å². The second-order valence-electron chi connectivity index (χ2n) is 8.40. The Morgan fingerprint density at radius 1 is 1.11 bits per heavy atom. The zero-order valence-electron chi connectivity index (χ0n) is 20.6. The fourth-order valence-corrected chi connectivity index (χ4v) is 5.13. The Balaban J connectivity index is 1.91. The van der Waals surface area contributed by atoms with Crippen molar-refractivity contribution in [2.45, 2.75) is 33.7 Å². The highest BCUT2D eigenvalue weighted by atomic mass is 32.1. The van der Waals surface area contributed by atoms with Gasteiger partial charge in [-0.05, 0) is 57.0 Å². The predicted octanol–water partition coefficient (Wildman–Crippen LogP) is 4.88. The summed E-state index contributed by atoms with van der Waals surface area (Å²) in [5.74, 6) is -1.89. The van der Waals surface area contributed by atoms with Gasteiger partial charge in [0, 0.05) is 5.56 Å². The van der Waals surface area contributed by atoms with Gasteiger partial charge in [0.05, 0.1) is 31.0 Å². The first-order valence-electron chi connectivity index (χ1n) is 11.3. The van der Waals surface area contributed by atoms with Crippen LogP contribution in [0.3, 0.4) is 0 Å². The quantitative estimate of drug-likeness (QED) is 0.220. The summed E-state index contributed by atoms with van der Waals surface area (Å²) in [6, 6.07) is 11.4. The normalized spacial score (nSPS) is 16.9. The van der Waals surface area contributed by atoms with Crippen molar-refractivity contribution in [1.82, 2.24) is 4.98 Å². The molecule has 1 unspecified atom stereocenters. The summed E-state index contributed by atoms with van der Waals surface area (Å²) in [5.41, 5.74) is 3.10. The number of hydrogen-bond donors (Lipinski definition) is 1. The van der Waals surface area contributed by atoms with Crippen molar-refractivity contribution in [2.24, 2.45) is 0 Å². The van der Waals surface area contributed by atoms with Gasteiger partial charge in [-0.1, -0.05) is 41.2 Å². The maximum Gasteiger partial charge on any atom is 0.350 e. The van der Waals surface area contributed by atoms with Crippen LogP contribution in [-0.4, -0.2) is 41.5 Å². The van der Waals surface area contributed by atoms with Gasteiger partial charge in [0.1, 0.15) is 16.4 Å². The summed E-state index contributed by atoms with van der Waals surface area (Å²) in [6.07, 6.45) is 0. The standard InChI is InChI=1S/C27H26N2O6S/c1-6-35-26(33)24-16(4)28-27(36-24)29-21(17-9-7-14(2)8-10-17)20(23(31)25(29)32)22(30)18-11-12-19(34-5)15(3)13-18/h7-13,21,30H,6H2,1-5H3/b22-20+. The average Bonchev–Trinajstić information content (AvgIpc) is 3.36. The van der Waals surface area contributed by atoms with Gasteiger partial charge in [-0.15, -0.1) is 0 Å². The topological polar surface area (TPSA) is 106 Å². The summed E-state index contributed by atoms with van der Waals surface area (Å²) in [4.78, 5) is 45.0. The molecule has 4 rings (SSSR count). The molecule has 1 atom stereocenters. The largest absolute Gasteiger partial charge is 0.507 e.